The number of ether oxygens (including phenoxy) is 1. The maximum Gasteiger partial charge on any atom is 0.120 e. The zero-order valence-corrected chi connectivity index (χ0v) is 9.81. The van der Waals surface area contributed by atoms with Crippen molar-refractivity contribution in [2.24, 2.45) is 5.11 Å². The molecule has 86 valence electrons. The third-order valence-corrected chi connectivity index (χ3v) is 3.39. The third-order valence-electron chi connectivity index (χ3n) is 1.96. The Kier molecular flexibility index (Phi) is 5.39. The van der Waals surface area contributed by atoms with Crippen molar-refractivity contribution in [3.05, 3.63) is 34.7 Å². The summed E-state index contributed by atoms with van der Waals surface area (Å²) in [4.78, 5) is 3.38. The van der Waals surface area contributed by atoms with E-state index in [0.717, 1.165) is 4.90 Å². The molecule has 16 heavy (non-hydrogen) atoms. The minimum absolute atomic E-state index is 0.381. The highest BCUT2D eigenvalue weighted by molar-refractivity contribution is 7.85. The van der Waals surface area contributed by atoms with Crippen molar-refractivity contribution >= 4 is 10.8 Å². The molecule has 0 radical (unpaired) electrons. The smallest absolute Gasteiger partial charge is 0.120 e. The first-order chi connectivity index (χ1) is 7.77. The van der Waals surface area contributed by atoms with Crippen LogP contribution in [0.15, 0.2) is 34.3 Å². The van der Waals surface area contributed by atoms with Crippen molar-refractivity contribution in [2.75, 3.05) is 19.4 Å². The number of benzene rings is 1. The van der Waals surface area contributed by atoms with Crippen molar-refractivity contribution in [1.29, 1.82) is 0 Å². The summed E-state index contributed by atoms with van der Waals surface area (Å²) in [5.41, 5.74) is 8.08. The molecule has 0 bridgehead atoms. The molecule has 0 spiro atoms. The Labute approximate surface area is 96.5 Å². The number of methoxy groups -OCH3 is 1. The molecular formula is C10H13N3O2S. The Morgan fingerprint density at radius 3 is 3.06 bits per heavy atom. The summed E-state index contributed by atoms with van der Waals surface area (Å²) >= 11 is 0. The van der Waals surface area contributed by atoms with Crippen molar-refractivity contribution in [3.63, 3.8) is 0 Å². The average Bonchev–Trinajstić information content (AvgIpc) is 2.34. The van der Waals surface area contributed by atoms with Crippen LogP contribution in [0.5, 0.6) is 5.75 Å². The molecule has 1 unspecified atom stereocenters. The normalized spacial score (nSPS) is 11.6. The Bertz CT molecular complexity index is 416. The lowest BCUT2D eigenvalue weighted by atomic mass is 10.3. The van der Waals surface area contributed by atoms with E-state index in [2.05, 4.69) is 10.0 Å². The van der Waals surface area contributed by atoms with E-state index in [0.29, 0.717) is 24.5 Å². The monoisotopic (exact) mass is 239 g/mol. The molecule has 1 aromatic rings. The largest absolute Gasteiger partial charge is 0.497 e. The predicted octanol–water partition coefficient (Wildman–Crippen LogP) is 2.50. The lowest BCUT2D eigenvalue weighted by molar-refractivity contribution is 0.413. The Morgan fingerprint density at radius 2 is 2.38 bits per heavy atom. The molecule has 0 aliphatic rings. The summed E-state index contributed by atoms with van der Waals surface area (Å²) in [6.07, 6.45) is 0.619. The van der Waals surface area contributed by atoms with E-state index in [1.54, 1.807) is 31.4 Å². The zero-order chi connectivity index (χ0) is 11.8. The van der Waals surface area contributed by atoms with E-state index in [9.17, 15) is 4.21 Å². The zero-order valence-electron chi connectivity index (χ0n) is 9.00. The summed E-state index contributed by atoms with van der Waals surface area (Å²) in [5.74, 6) is 1.19. The molecule has 0 saturated carbocycles. The van der Waals surface area contributed by atoms with Crippen LogP contribution in [0.2, 0.25) is 0 Å². The van der Waals surface area contributed by atoms with Gasteiger partial charge < -0.3 is 4.74 Å². The van der Waals surface area contributed by atoms with E-state index in [4.69, 9.17) is 10.3 Å². The summed E-state index contributed by atoms with van der Waals surface area (Å²) in [7, 11) is 0.511. The highest BCUT2D eigenvalue weighted by Gasteiger charge is 2.04. The van der Waals surface area contributed by atoms with Gasteiger partial charge in [0.2, 0.25) is 0 Å². The van der Waals surface area contributed by atoms with Gasteiger partial charge in [0.05, 0.1) is 17.9 Å². The fourth-order valence-electron chi connectivity index (χ4n) is 1.17. The van der Waals surface area contributed by atoms with Gasteiger partial charge in [-0.2, -0.15) is 0 Å². The van der Waals surface area contributed by atoms with Gasteiger partial charge in [-0.1, -0.05) is 11.2 Å². The van der Waals surface area contributed by atoms with Crippen LogP contribution < -0.4 is 4.74 Å². The molecule has 0 aliphatic carbocycles. The molecule has 0 N–H and O–H groups in total. The minimum atomic E-state index is -1.06. The Morgan fingerprint density at radius 1 is 1.56 bits per heavy atom. The number of nitrogens with zero attached hydrogens (tertiary/aromatic N) is 3. The van der Waals surface area contributed by atoms with Gasteiger partial charge >= 0.3 is 0 Å². The minimum Gasteiger partial charge on any atom is -0.497 e. The Balaban J connectivity index is 2.55. The van der Waals surface area contributed by atoms with Gasteiger partial charge in [-0.25, -0.2) is 0 Å². The molecule has 0 aromatic heterocycles. The first kappa shape index (κ1) is 12.5. The van der Waals surface area contributed by atoms with Crippen LogP contribution in [0.1, 0.15) is 6.42 Å². The molecule has 0 fully saturated rings. The third kappa shape index (κ3) is 3.92. The highest BCUT2D eigenvalue weighted by atomic mass is 32.2. The molecule has 6 heteroatoms. The molecule has 0 amide bonds. The van der Waals surface area contributed by atoms with Crippen LogP contribution >= 0.6 is 0 Å². The van der Waals surface area contributed by atoms with Gasteiger partial charge in [-0.3, -0.25) is 4.21 Å². The van der Waals surface area contributed by atoms with E-state index in [1.807, 2.05) is 0 Å². The average molecular weight is 239 g/mol. The van der Waals surface area contributed by atoms with Crippen molar-refractivity contribution in [1.82, 2.24) is 0 Å². The van der Waals surface area contributed by atoms with Crippen LogP contribution in [-0.4, -0.2) is 23.6 Å². The maximum atomic E-state index is 11.8. The second-order valence-electron chi connectivity index (χ2n) is 3.04. The number of hydrogen-bond acceptors (Lipinski definition) is 3. The van der Waals surface area contributed by atoms with Gasteiger partial charge in [0.25, 0.3) is 0 Å². The second-order valence-corrected chi connectivity index (χ2v) is 4.61. The lowest BCUT2D eigenvalue weighted by Gasteiger charge is -2.03. The van der Waals surface area contributed by atoms with Gasteiger partial charge in [0.1, 0.15) is 5.75 Å². The molecule has 5 nitrogen and oxygen atoms in total. The second kappa shape index (κ2) is 6.87. The fraction of sp³-hybridized carbons (Fsp3) is 0.400. The van der Waals surface area contributed by atoms with E-state index in [-0.39, 0.29) is 0 Å². The first-order valence-electron chi connectivity index (χ1n) is 4.81. The van der Waals surface area contributed by atoms with Crippen molar-refractivity contribution in [2.45, 2.75) is 11.3 Å². The van der Waals surface area contributed by atoms with Crippen molar-refractivity contribution < 1.29 is 8.95 Å². The Hall–Kier alpha value is -1.52. The first-order valence-corrected chi connectivity index (χ1v) is 6.13. The molecule has 0 aliphatic heterocycles. The fourth-order valence-corrected chi connectivity index (χ4v) is 2.28. The van der Waals surface area contributed by atoms with Crippen LogP contribution in [0.25, 0.3) is 10.4 Å². The summed E-state index contributed by atoms with van der Waals surface area (Å²) in [6.45, 7) is 0.381. The van der Waals surface area contributed by atoms with Gasteiger partial charge in [0, 0.05) is 22.1 Å². The van der Waals surface area contributed by atoms with Gasteiger partial charge in [-0.05, 0) is 30.2 Å². The number of rotatable bonds is 6. The van der Waals surface area contributed by atoms with Crippen LogP contribution in [0.4, 0.5) is 0 Å². The summed E-state index contributed by atoms with van der Waals surface area (Å²) < 4.78 is 16.8. The molecule has 1 rings (SSSR count). The molecule has 1 atom stereocenters. The molecule has 0 heterocycles. The van der Waals surface area contributed by atoms with Crippen LogP contribution in [0.3, 0.4) is 0 Å². The highest BCUT2D eigenvalue weighted by Crippen LogP contribution is 2.16. The predicted molar refractivity (Wildman–Crippen MR) is 62.9 cm³/mol. The van der Waals surface area contributed by atoms with E-state index >= 15 is 0 Å². The van der Waals surface area contributed by atoms with E-state index < -0.39 is 10.8 Å². The maximum absolute atomic E-state index is 11.8. The quantitative estimate of drug-likeness (QED) is 0.331. The summed E-state index contributed by atoms with van der Waals surface area (Å²) in [6, 6.07) is 7.16. The van der Waals surface area contributed by atoms with Crippen LogP contribution in [-0.2, 0) is 10.8 Å². The SMILES string of the molecule is COc1cccc(S(=O)CCCN=[N+]=[N-])c1. The number of hydrogen-bond donors (Lipinski definition) is 0. The topological polar surface area (TPSA) is 75.1 Å². The van der Waals surface area contributed by atoms with E-state index in [1.165, 1.54) is 0 Å². The lowest BCUT2D eigenvalue weighted by Crippen LogP contribution is -1.99. The van der Waals surface area contributed by atoms with Gasteiger partial charge in [0.15, 0.2) is 0 Å². The van der Waals surface area contributed by atoms with Gasteiger partial charge in [-0.15, -0.1) is 0 Å². The summed E-state index contributed by atoms with van der Waals surface area (Å²) in [5, 5.41) is 3.39. The number of azide groups is 1. The molecule has 0 saturated heterocycles. The molecule has 1 aromatic carbocycles. The molecular weight excluding hydrogens is 226 g/mol. The van der Waals surface area contributed by atoms with Crippen molar-refractivity contribution in [3.8, 4) is 5.75 Å². The van der Waals surface area contributed by atoms with Crippen LogP contribution in [0, 0.1) is 0 Å². The standard InChI is InChI=1S/C10H13N3O2S/c1-15-9-4-2-5-10(8-9)16(14)7-3-6-12-13-11/h2,4-5,8H,3,6-7H2,1H3.